The van der Waals surface area contributed by atoms with E-state index in [0.29, 0.717) is 18.3 Å². The number of aromatic nitrogens is 2. The highest BCUT2D eigenvalue weighted by atomic mass is 16.6. The molecule has 0 radical (unpaired) electrons. The van der Waals surface area contributed by atoms with Crippen LogP contribution in [0.5, 0.6) is 0 Å². The van der Waals surface area contributed by atoms with Gasteiger partial charge in [-0.05, 0) is 12.8 Å². The fourth-order valence-electron chi connectivity index (χ4n) is 1.51. The van der Waals surface area contributed by atoms with E-state index in [0.717, 1.165) is 19.4 Å². The van der Waals surface area contributed by atoms with Gasteiger partial charge in [-0.3, -0.25) is 4.84 Å². The Kier molecular flexibility index (Phi) is 3.07. The second-order valence-corrected chi connectivity index (χ2v) is 3.27. The van der Waals surface area contributed by atoms with Crippen LogP contribution in [0.4, 0.5) is 0 Å². The highest BCUT2D eigenvalue weighted by molar-refractivity contribution is 4.96. The number of ether oxygens (including phenoxy) is 1. The minimum absolute atomic E-state index is 0.153. The number of nitrogens with zero attached hydrogens (tertiary/aromatic N) is 2. The molecular weight excluding hydrogens is 186 g/mol. The first-order valence-electron chi connectivity index (χ1n) is 4.62. The molecule has 0 saturated carbocycles. The number of hydrogen-bond acceptors (Lipinski definition) is 6. The van der Waals surface area contributed by atoms with Crippen molar-refractivity contribution in [3.05, 3.63) is 11.7 Å². The predicted molar refractivity (Wildman–Crippen MR) is 46.1 cm³/mol. The van der Waals surface area contributed by atoms with Gasteiger partial charge >= 0.3 is 0 Å². The van der Waals surface area contributed by atoms with Crippen molar-refractivity contribution in [1.82, 2.24) is 10.1 Å². The van der Waals surface area contributed by atoms with Crippen LogP contribution in [-0.2, 0) is 16.2 Å². The molecule has 6 heteroatoms. The van der Waals surface area contributed by atoms with Crippen molar-refractivity contribution in [1.29, 1.82) is 0 Å². The third kappa shape index (κ3) is 2.09. The van der Waals surface area contributed by atoms with E-state index in [1.807, 2.05) is 0 Å². The molecule has 1 unspecified atom stereocenters. The molecule has 1 aliphatic rings. The summed E-state index contributed by atoms with van der Waals surface area (Å²) in [5.74, 6) is 6.25. The van der Waals surface area contributed by atoms with E-state index in [1.54, 1.807) is 0 Å². The molecule has 0 aliphatic carbocycles. The summed E-state index contributed by atoms with van der Waals surface area (Å²) in [4.78, 5) is 8.56. The zero-order valence-electron chi connectivity index (χ0n) is 7.81. The summed E-state index contributed by atoms with van der Waals surface area (Å²) >= 11 is 0. The molecule has 0 amide bonds. The molecule has 6 nitrogen and oxygen atoms in total. The topological polar surface area (TPSA) is 83.4 Å². The van der Waals surface area contributed by atoms with Gasteiger partial charge in [0, 0.05) is 12.5 Å². The Hall–Kier alpha value is -0.980. The summed E-state index contributed by atoms with van der Waals surface area (Å²) in [7, 11) is 0. The maximum absolute atomic E-state index is 5.33. The quantitative estimate of drug-likeness (QED) is 0.707. The number of nitrogens with two attached hydrogens (primary N) is 1. The lowest BCUT2D eigenvalue weighted by atomic mass is 10.0. The third-order valence-electron chi connectivity index (χ3n) is 2.22. The summed E-state index contributed by atoms with van der Waals surface area (Å²) in [6.07, 6.45) is 2.09. The maximum Gasteiger partial charge on any atom is 0.254 e. The van der Waals surface area contributed by atoms with E-state index in [-0.39, 0.29) is 12.5 Å². The van der Waals surface area contributed by atoms with Crippen molar-refractivity contribution in [2.45, 2.75) is 25.4 Å². The lowest BCUT2D eigenvalue weighted by molar-refractivity contribution is 0.0773. The van der Waals surface area contributed by atoms with E-state index in [9.17, 15) is 0 Å². The molecule has 2 rings (SSSR count). The predicted octanol–water partition coefficient (Wildman–Crippen LogP) is 0.354. The molecule has 2 N–H and O–H groups in total. The van der Waals surface area contributed by atoms with Crippen LogP contribution in [0.25, 0.3) is 0 Å². The van der Waals surface area contributed by atoms with E-state index in [2.05, 4.69) is 15.0 Å². The molecule has 0 bridgehead atoms. The van der Waals surface area contributed by atoms with Crippen molar-refractivity contribution in [3.63, 3.8) is 0 Å². The monoisotopic (exact) mass is 199 g/mol. The van der Waals surface area contributed by atoms with Gasteiger partial charge in [-0.2, -0.15) is 4.98 Å². The van der Waals surface area contributed by atoms with Crippen molar-refractivity contribution < 1.29 is 14.1 Å². The first-order chi connectivity index (χ1) is 6.90. The largest absolute Gasteiger partial charge is 0.381 e. The highest BCUT2D eigenvalue weighted by Gasteiger charge is 2.21. The number of hydrogen-bond donors (Lipinski definition) is 1. The van der Waals surface area contributed by atoms with Gasteiger partial charge in [-0.25, -0.2) is 5.90 Å². The molecule has 1 aromatic heterocycles. The van der Waals surface area contributed by atoms with Crippen LogP contribution in [0.15, 0.2) is 4.52 Å². The Morgan fingerprint density at radius 2 is 2.50 bits per heavy atom. The van der Waals surface area contributed by atoms with E-state index < -0.39 is 0 Å². The molecular formula is C8H13N3O3. The van der Waals surface area contributed by atoms with Crippen molar-refractivity contribution >= 4 is 0 Å². The molecule has 1 fully saturated rings. The molecule has 2 heterocycles. The van der Waals surface area contributed by atoms with Gasteiger partial charge in [0.05, 0.1) is 6.61 Å². The lowest BCUT2D eigenvalue weighted by Gasteiger charge is -2.18. The second kappa shape index (κ2) is 4.50. The third-order valence-corrected chi connectivity index (χ3v) is 2.22. The van der Waals surface area contributed by atoms with Crippen LogP contribution in [0.1, 0.15) is 30.5 Å². The van der Waals surface area contributed by atoms with Gasteiger partial charge < -0.3 is 9.26 Å². The SMILES string of the molecule is NOCc1nc(C2CCCOC2)no1. The van der Waals surface area contributed by atoms with Gasteiger partial charge in [0.15, 0.2) is 5.82 Å². The molecule has 1 saturated heterocycles. The van der Waals surface area contributed by atoms with Crippen molar-refractivity contribution in [2.75, 3.05) is 13.2 Å². The average molecular weight is 199 g/mol. The fraction of sp³-hybridized carbons (Fsp3) is 0.750. The van der Waals surface area contributed by atoms with Crippen LogP contribution in [0.2, 0.25) is 0 Å². The van der Waals surface area contributed by atoms with E-state index in [1.165, 1.54) is 0 Å². The van der Waals surface area contributed by atoms with Gasteiger partial charge in [0.2, 0.25) is 0 Å². The molecule has 1 aliphatic heterocycles. The summed E-state index contributed by atoms with van der Waals surface area (Å²) in [5.41, 5.74) is 0. The van der Waals surface area contributed by atoms with Gasteiger partial charge in [-0.15, -0.1) is 0 Å². The summed E-state index contributed by atoms with van der Waals surface area (Å²) < 4.78 is 10.3. The average Bonchev–Trinajstić information content (AvgIpc) is 2.68. The number of rotatable bonds is 3. The first kappa shape index (κ1) is 9.57. The Morgan fingerprint density at radius 3 is 3.21 bits per heavy atom. The lowest BCUT2D eigenvalue weighted by Crippen LogP contribution is -2.16. The molecule has 14 heavy (non-hydrogen) atoms. The Morgan fingerprint density at radius 1 is 1.57 bits per heavy atom. The zero-order chi connectivity index (χ0) is 9.80. The van der Waals surface area contributed by atoms with Gasteiger partial charge in [0.25, 0.3) is 5.89 Å². The van der Waals surface area contributed by atoms with Crippen LogP contribution >= 0.6 is 0 Å². The maximum atomic E-state index is 5.33. The second-order valence-electron chi connectivity index (χ2n) is 3.27. The standard InChI is InChI=1S/C8H13N3O3/c9-13-5-7-10-8(11-14-7)6-2-1-3-12-4-6/h6H,1-5,9H2. The molecule has 1 atom stereocenters. The Labute approximate surface area is 81.3 Å². The zero-order valence-corrected chi connectivity index (χ0v) is 7.81. The Bertz CT molecular complexity index is 283. The minimum Gasteiger partial charge on any atom is -0.381 e. The van der Waals surface area contributed by atoms with Crippen molar-refractivity contribution in [3.8, 4) is 0 Å². The molecule has 78 valence electrons. The summed E-state index contributed by atoms with van der Waals surface area (Å²) in [6.45, 7) is 1.65. The molecule has 1 aromatic rings. The van der Waals surface area contributed by atoms with Crippen LogP contribution < -0.4 is 5.90 Å². The molecule has 0 spiro atoms. The van der Waals surface area contributed by atoms with Crippen LogP contribution in [-0.4, -0.2) is 23.4 Å². The van der Waals surface area contributed by atoms with Crippen LogP contribution in [0.3, 0.4) is 0 Å². The van der Waals surface area contributed by atoms with E-state index in [4.69, 9.17) is 15.2 Å². The van der Waals surface area contributed by atoms with Crippen molar-refractivity contribution in [2.24, 2.45) is 5.90 Å². The normalized spacial score (nSPS) is 22.5. The summed E-state index contributed by atoms with van der Waals surface area (Å²) in [5, 5.41) is 3.86. The first-order valence-corrected chi connectivity index (χ1v) is 4.62. The van der Waals surface area contributed by atoms with E-state index >= 15 is 0 Å². The highest BCUT2D eigenvalue weighted by Crippen LogP contribution is 2.22. The van der Waals surface area contributed by atoms with Gasteiger partial charge in [-0.1, -0.05) is 5.16 Å². The minimum atomic E-state index is 0.153. The fourth-order valence-corrected chi connectivity index (χ4v) is 1.51. The molecule has 0 aromatic carbocycles. The van der Waals surface area contributed by atoms with Gasteiger partial charge in [0.1, 0.15) is 6.61 Å². The Balaban J connectivity index is 2.00. The smallest absolute Gasteiger partial charge is 0.254 e. The van der Waals surface area contributed by atoms with Crippen LogP contribution in [0, 0.1) is 0 Å². The summed E-state index contributed by atoms with van der Waals surface area (Å²) in [6, 6.07) is 0.